The van der Waals surface area contributed by atoms with Gasteiger partial charge >= 0.3 is 0 Å². The fourth-order valence-corrected chi connectivity index (χ4v) is 4.16. The van der Waals surface area contributed by atoms with Crippen LogP contribution in [0.2, 0.25) is 0 Å². The summed E-state index contributed by atoms with van der Waals surface area (Å²) >= 11 is 0. The number of hydrogen-bond acceptors (Lipinski definition) is 3. The number of carbonyl (C=O) groups excluding carboxylic acids is 1. The van der Waals surface area contributed by atoms with Crippen LogP contribution in [0.15, 0.2) is 47.4 Å². The van der Waals surface area contributed by atoms with E-state index in [4.69, 9.17) is 0 Å². The number of sulfonamides is 1. The minimum atomic E-state index is -3.69. The maximum absolute atomic E-state index is 13.4. The third-order valence-corrected chi connectivity index (χ3v) is 6.28. The first kappa shape index (κ1) is 21.0. The second-order valence-corrected chi connectivity index (χ2v) is 7.92. The summed E-state index contributed by atoms with van der Waals surface area (Å²) in [6.45, 7) is 5.74. The minimum absolute atomic E-state index is 0.0272. The molecular weight excluding hydrogens is 374 g/mol. The van der Waals surface area contributed by atoms with E-state index in [1.54, 1.807) is 20.8 Å². The van der Waals surface area contributed by atoms with Gasteiger partial charge < -0.3 is 5.32 Å². The van der Waals surface area contributed by atoms with Gasteiger partial charge in [-0.3, -0.25) is 4.79 Å². The lowest BCUT2D eigenvalue weighted by atomic mass is 10.1. The lowest BCUT2D eigenvalue weighted by molar-refractivity contribution is 0.0939. The largest absolute Gasteiger partial charge is 0.346 e. The number of benzene rings is 2. The number of halogens is 2. The van der Waals surface area contributed by atoms with E-state index in [1.165, 1.54) is 34.6 Å². The Hall–Kier alpha value is -2.32. The summed E-state index contributed by atoms with van der Waals surface area (Å²) in [7, 11) is -3.69. The van der Waals surface area contributed by atoms with Gasteiger partial charge in [0.05, 0.1) is 10.9 Å². The maximum Gasteiger partial charge on any atom is 0.251 e. The van der Waals surface area contributed by atoms with Crippen LogP contribution in [0.1, 0.15) is 42.7 Å². The van der Waals surface area contributed by atoms with Crippen LogP contribution in [-0.4, -0.2) is 31.7 Å². The smallest absolute Gasteiger partial charge is 0.251 e. The quantitative estimate of drug-likeness (QED) is 0.779. The molecular formula is C19H22F2N2O3S. The minimum Gasteiger partial charge on any atom is -0.346 e. The molecule has 1 atom stereocenters. The molecule has 146 valence electrons. The Kier molecular flexibility index (Phi) is 6.67. The van der Waals surface area contributed by atoms with E-state index < -0.39 is 33.6 Å². The van der Waals surface area contributed by atoms with Crippen LogP contribution in [0.25, 0.3) is 0 Å². The Labute approximate surface area is 158 Å². The average molecular weight is 396 g/mol. The van der Waals surface area contributed by atoms with Gasteiger partial charge in [0.25, 0.3) is 5.91 Å². The first-order valence-corrected chi connectivity index (χ1v) is 10.0. The molecule has 0 saturated heterocycles. The molecule has 0 aromatic heterocycles. The Bertz CT molecular complexity index is 928. The fourth-order valence-electron chi connectivity index (χ4n) is 2.66. The van der Waals surface area contributed by atoms with E-state index in [0.29, 0.717) is 18.7 Å². The van der Waals surface area contributed by atoms with E-state index in [9.17, 15) is 22.0 Å². The fraction of sp³-hybridized carbons (Fsp3) is 0.316. The van der Waals surface area contributed by atoms with E-state index in [-0.39, 0.29) is 10.5 Å². The zero-order chi connectivity index (χ0) is 20.2. The predicted octanol–water partition coefficient (Wildman–Crippen LogP) is 3.49. The van der Waals surface area contributed by atoms with Gasteiger partial charge in [-0.2, -0.15) is 4.31 Å². The number of hydrogen-bond donors (Lipinski definition) is 1. The summed E-state index contributed by atoms with van der Waals surface area (Å²) in [5.41, 5.74) is 0.562. The van der Waals surface area contributed by atoms with Crippen LogP contribution in [-0.2, 0) is 10.0 Å². The molecule has 0 fully saturated rings. The number of carbonyl (C=O) groups is 1. The summed E-state index contributed by atoms with van der Waals surface area (Å²) in [6.07, 6.45) is 0. The molecule has 1 N–H and O–H groups in total. The first-order valence-electron chi connectivity index (χ1n) is 8.56. The topological polar surface area (TPSA) is 66.5 Å². The first-order chi connectivity index (χ1) is 12.7. The average Bonchev–Trinajstić information content (AvgIpc) is 2.64. The van der Waals surface area contributed by atoms with Crippen molar-refractivity contribution < 1.29 is 22.0 Å². The van der Waals surface area contributed by atoms with E-state index in [2.05, 4.69) is 5.32 Å². The van der Waals surface area contributed by atoms with Crippen molar-refractivity contribution in [3.63, 3.8) is 0 Å². The van der Waals surface area contributed by atoms with Gasteiger partial charge in [-0.15, -0.1) is 0 Å². The number of rotatable bonds is 7. The number of amides is 1. The van der Waals surface area contributed by atoms with Crippen molar-refractivity contribution in [1.29, 1.82) is 0 Å². The Morgan fingerprint density at radius 2 is 1.74 bits per heavy atom. The zero-order valence-electron chi connectivity index (χ0n) is 15.4. The van der Waals surface area contributed by atoms with Crippen molar-refractivity contribution >= 4 is 15.9 Å². The molecule has 5 nitrogen and oxygen atoms in total. The van der Waals surface area contributed by atoms with Crippen LogP contribution in [0, 0.1) is 11.6 Å². The van der Waals surface area contributed by atoms with Crippen molar-refractivity contribution in [2.75, 3.05) is 13.1 Å². The zero-order valence-corrected chi connectivity index (χ0v) is 16.2. The van der Waals surface area contributed by atoms with E-state index >= 15 is 0 Å². The molecule has 2 rings (SSSR count). The molecule has 0 aliphatic heterocycles. The summed E-state index contributed by atoms with van der Waals surface area (Å²) < 4.78 is 52.9. The lowest BCUT2D eigenvalue weighted by Gasteiger charge is -2.19. The van der Waals surface area contributed by atoms with Crippen LogP contribution in [0.3, 0.4) is 0 Å². The third kappa shape index (κ3) is 4.70. The van der Waals surface area contributed by atoms with Crippen LogP contribution in [0.4, 0.5) is 8.78 Å². The van der Waals surface area contributed by atoms with Gasteiger partial charge in [-0.1, -0.05) is 26.0 Å². The van der Waals surface area contributed by atoms with Gasteiger partial charge in [-0.05, 0) is 42.8 Å². The molecule has 0 radical (unpaired) electrons. The van der Waals surface area contributed by atoms with E-state index in [1.807, 2.05) is 0 Å². The highest BCUT2D eigenvalue weighted by atomic mass is 32.2. The van der Waals surface area contributed by atoms with Crippen LogP contribution >= 0.6 is 0 Å². The molecule has 0 unspecified atom stereocenters. The standard InChI is InChI=1S/C19H22F2N2O3S/c1-4-23(5-2)27(25,26)16-8-6-7-15(11-16)19(24)22-13(3)14-9-10-17(20)18(21)12-14/h6-13H,4-5H2,1-3H3,(H,22,24)/t13-/m0/s1. The van der Waals surface area contributed by atoms with Crippen molar-refractivity contribution in [2.45, 2.75) is 31.7 Å². The maximum atomic E-state index is 13.4. The Balaban J connectivity index is 2.23. The Morgan fingerprint density at radius 3 is 2.33 bits per heavy atom. The highest BCUT2D eigenvalue weighted by Crippen LogP contribution is 2.19. The molecule has 0 bridgehead atoms. The SMILES string of the molecule is CCN(CC)S(=O)(=O)c1cccc(C(=O)N[C@@H](C)c2ccc(F)c(F)c2)c1. The van der Waals surface area contributed by atoms with Crippen molar-refractivity contribution in [3.05, 3.63) is 65.2 Å². The molecule has 8 heteroatoms. The summed E-state index contributed by atoms with van der Waals surface area (Å²) in [5.74, 6) is -2.48. The van der Waals surface area contributed by atoms with Crippen LogP contribution < -0.4 is 5.32 Å². The lowest BCUT2D eigenvalue weighted by Crippen LogP contribution is -2.31. The third-order valence-electron chi connectivity index (χ3n) is 4.23. The number of nitrogens with zero attached hydrogens (tertiary/aromatic N) is 1. The van der Waals surface area contributed by atoms with Crippen molar-refractivity contribution in [1.82, 2.24) is 9.62 Å². The molecule has 0 saturated carbocycles. The molecule has 1 amide bonds. The van der Waals surface area contributed by atoms with Gasteiger partial charge in [0.15, 0.2) is 11.6 Å². The molecule has 2 aromatic carbocycles. The van der Waals surface area contributed by atoms with Crippen molar-refractivity contribution in [3.8, 4) is 0 Å². The molecule has 0 aliphatic rings. The highest BCUT2D eigenvalue weighted by molar-refractivity contribution is 7.89. The Morgan fingerprint density at radius 1 is 1.07 bits per heavy atom. The highest BCUT2D eigenvalue weighted by Gasteiger charge is 2.23. The van der Waals surface area contributed by atoms with Crippen LogP contribution in [0.5, 0.6) is 0 Å². The summed E-state index contributed by atoms with van der Waals surface area (Å²) in [5, 5.41) is 2.66. The number of nitrogens with one attached hydrogen (secondary N) is 1. The predicted molar refractivity (Wildman–Crippen MR) is 98.8 cm³/mol. The molecule has 0 heterocycles. The van der Waals surface area contributed by atoms with E-state index in [0.717, 1.165) is 12.1 Å². The molecule has 27 heavy (non-hydrogen) atoms. The molecule has 0 aliphatic carbocycles. The van der Waals surface area contributed by atoms with Gasteiger partial charge in [-0.25, -0.2) is 17.2 Å². The molecule has 2 aromatic rings. The van der Waals surface area contributed by atoms with Gasteiger partial charge in [0.1, 0.15) is 0 Å². The monoisotopic (exact) mass is 396 g/mol. The second kappa shape index (κ2) is 8.58. The van der Waals surface area contributed by atoms with Gasteiger partial charge in [0.2, 0.25) is 10.0 Å². The van der Waals surface area contributed by atoms with Gasteiger partial charge in [0, 0.05) is 18.7 Å². The van der Waals surface area contributed by atoms with Crippen molar-refractivity contribution in [2.24, 2.45) is 0 Å². The molecule has 0 spiro atoms. The summed E-state index contributed by atoms with van der Waals surface area (Å²) in [6, 6.07) is 8.53. The second-order valence-electron chi connectivity index (χ2n) is 5.99. The summed E-state index contributed by atoms with van der Waals surface area (Å²) in [4.78, 5) is 12.5. The normalized spacial score (nSPS) is 12.8.